The molecular formula is C13H17N3OS. The van der Waals surface area contributed by atoms with Crippen LogP contribution >= 0.6 is 11.3 Å². The highest BCUT2D eigenvalue weighted by Crippen LogP contribution is 2.11. The first-order chi connectivity index (χ1) is 8.72. The van der Waals surface area contributed by atoms with Crippen LogP contribution in [0.1, 0.15) is 28.0 Å². The number of thiazole rings is 1. The van der Waals surface area contributed by atoms with Crippen molar-refractivity contribution in [1.82, 2.24) is 14.9 Å². The van der Waals surface area contributed by atoms with E-state index in [2.05, 4.69) is 9.97 Å². The van der Waals surface area contributed by atoms with Crippen molar-refractivity contribution >= 4 is 17.2 Å². The van der Waals surface area contributed by atoms with Crippen molar-refractivity contribution in [3.05, 3.63) is 40.1 Å². The van der Waals surface area contributed by atoms with Gasteiger partial charge in [0, 0.05) is 43.0 Å². The Morgan fingerprint density at radius 1 is 1.56 bits per heavy atom. The second-order valence-corrected chi connectivity index (χ2v) is 5.06. The monoisotopic (exact) mass is 263 g/mol. The summed E-state index contributed by atoms with van der Waals surface area (Å²) in [5.41, 5.74) is 1.68. The molecule has 0 saturated carbocycles. The largest absolute Gasteiger partial charge is 0.365 e. The van der Waals surface area contributed by atoms with Gasteiger partial charge in [-0.1, -0.05) is 0 Å². The molecule has 0 aromatic carbocycles. The van der Waals surface area contributed by atoms with Gasteiger partial charge in [-0.25, -0.2) is 4.98 Å². The van der Waals surface area contributed by atoms with Gasteiger partial charge in [0.25, 0.3) is 5.91 Å². The Morgan fingerprint density at radius 3 is 2.94 bits per heavy atom. The quantitative estimate of drug-likeness (QED) is 0.901. The summed E-state index contributed by atoms with van der Waals surface area (Å²) >= 11 is 1.63. The van der Waals surface area contributed by atoms with Crippen LogP contribution in [0.25, 0.3) is 0 Å². The molecule has 2 rings (SSSR count). The lowest BCUT2D eigenvalue weighted by molar-refractivity contribution is 0.0765. The standard InChI is InChI=1S/C13H17N3OS/c1-3-16(8-5-12-15-7-9-18-12)13(17)11-4-6-14-10(11)2/h4,6-7,9,14H,3,5,8H2,1-2H3. The first-order valence-electron chi connectivity index (χ1n) is 6.04. The number of rotatable bonds is 5. The van der Waals surface area contributed by atoms with Crippen molar-refractivity contribution in [3.63, 3.8) is 0 Å². The van der Waals surface area contributed by atoms with Crippen molar-refractivity contribution in [3.8, 4) is 0 Å². The van der Waals surface area contributed by atoms with Gasteiger partial charge in [0.2, 0.25) is 0 Å². The zero-order valence-corrected chi connectivity index (χ0v) is 11.5. The van der Waals surface area contributed by atoms with E-state index in [4.69, 9.17) is 0 Å². The Hall–Kier alpha value is -1.62. The molecule has 0 spiro atoms. The van der Waals surface area contributed by atoms with Gasteiger partial charge < -0.3 is 9.88 Å². The van der Waals surface area contributed by atoms with E-state index in [0.717, 1.165) is 29.2 Å². The summed E-state index contributed by atoms with van der Waals surface area (Å²) in [5.74, 6) is 0.0906. The molecule has 2 aromatic rings. The number of carbonyl (C=O) groups is 1. The third kappa shape index (κ3) is 2.79. The van der Waals surface area contributed by atoms with E-state index >= 15 is 0 Å². The number of likely N-dealkylation sites (N-methyl/N-ethyl adjacent to an activating group) is 1. The molecule has 0 radical (unpaired) electrons. The van der Waals surface area contributed by atoms with Gasteiger partial charge >= 0.3 is 0 Å². The number of aromatic amines is 1. The molecule has 0 aliphatic heterocycles. The van der Waals surface area contributed by atoms with Gasteiger partial charge in [-0.2, -0.15) is 0 Å². The van der Waals surface area contributed by atoms with Crippen molar-refractivity contribution in [2.24, 2.45) is 0 Å². The first kappa shape index (κ1) is 12.8. The second kappa shape index (κ2) is 5.82. The number of aromatic nitrogens is 2. The van der Waals surface area contributed by atoms with E-state index in [0.29, 0.717) is 6.54 Å². The molecule has 96 valence electrons. The smallest absolute Gasteiger partial charge is 0.255 e. The molecule has 1 N–H and O–H groups in total. The predicted octanol–water partition coefficient (Wildman–Crippen LogP) is 2.48. The molecule has 1 amide bonds. The maximum atomic E-state index is 12.3. The van der Waals surface area contributed by atoms with Gasteiger partial charge in [-0.15, -0.1) is 11.3 Å². The molecule has 0 aliphatic carbocycles. The molecule has 0 aliphatic rings. The number of hydrogen-bond acceptors (Lipinski definition) is 3. The minimum absolute atomic E-state index is 0.0906. The number of H-pyrrole nitrogens is 1. The van der Waals surface area contributed by atoms with E-state index in [1.54, 1.807) is 23.7 Å². The molecule has 0 bridgehead atoms. The van der Waals surface area contributed by atoms with Crippen LogP contribution in [0.2, 0.25) is 0 Å². The third-order valence-electron chi connectivity index (χ3n) is 2.93. The van der Waals surface area contributed by atoms with Crippen molar-refractivity contribution in [2.45, 2.75) is 20.3 Å². The molecule has 0 unspecified atom stereocenters. The summed E-state index contributed by atoms with van der Waals surface area (Å²) in [5, 5.41) is 3.04. The van der Waals surface area contributed by atoms with Crippen molar-refractivity contribution in [1.29, 1.82) is 0 Å². The highest BCUT2D eigenvalue weighted by molar-refractivity contribution is 7.09. The Balaban J connectivity index is 2.00. The zero-order chi connectivity index (χ0) is 13.0. The SMILES string of the molecule is CCN(CCc1nccs1)C(=O)c1cc[nH]c1C. The number of nitrogens with zero attached hydrogens (tertiary/aromatic N) is 2. The lowest BCUT2D eigenvalue weighted by Crippen LogP contribution is -2.32. The van der Waals surface area contributed by atoms with Gasteiger partial charge in [-0.05, 0) is 19.9 Å². The fraction of sp³-hybridized carbons (Fsp3) is 0.385. The lowest BCUT2D eigenvalue weighted by Gasteiger charge is -2.20. The maximum Gasteiger partial charge on any atom is 0.255 e. The van der Waals surface area contributed by atoms with E-state index < -0.39 is 0 Å². The predicted molar refractivity (Wildman–Crippen MR) is 72.9 cm³/mol. The summed E-state index contributed by atoms with van der Waals surface area (Å²) < 4.78 is 0. The molecule has 4 nitrogen and oxygen atoms in total. The van der Waals surface area contributed by atoms with Crippen LogP contribution in [0, 0.1) is 6.92 Å². The van der Waals surface area contributed by atoms with Crippen LogP contribution in [0.4, 0.5) is 0 Å². The summed E-state index contributed by atoms with van der Waals surface area (Å²) in [4.78, 5) is 21.4. The van der Waals surface area contributed by atoms with Gasteiger partial charge in [0.1, 0.15) is 0 Å². The Bertz CT molecular complexity index is 504. The van der Waals surface area contributed by atoms with Crippen molar-refractivity contribution in [2.75, 3.05) is 13.1 Å². The number of nitrogens with one attached hydrogen (secondary N) is 1. The van der Waals surface area contributed by atoms with Gasteiger partial charge in [0.15, 0.2) is 0 Å². The highest BCUT2D eigenvalue weighted by atomic mass is 32.1. The summed E-state index contributed by atoms with van der Waals surface area (Å²) in [6.07, 6.45) is 4.42. The number of carbonyl (C=O) groups excluding carboxylic acids is 1. The third-order valence-corrected chi connectivity index (χ3v) is 3.77. The minimum Gasteiger partial charge on any atom is -0.365 e. The molecule has 5 heteroatoms. The van der Waals surface area contributed by atoms with Gasteiger partial charge in [-0.3, -0.25) is 4.79 Å². The fourth-order valence-corrected chi connectivity index (χ4v) is 2.47. The van der Waals surface area contributed by atoms with Crippen LogP contribution in [-0.4, -0.2) is 33.9 Å². The van der Waals surface area contributed by atoms with E-state index in [9.17, 15) is 4.79 Å². The normalized spacial score (nSPS) is 10.6. The maximum absolute atomic E-state index is 12.3. The molecular weight excluding hydrogens is 246 g/mol. The molecule has 2 heterocycles. The van der Waals surface area contributed by atoms with Crippen LogP contribution < -0.4 is 0 Å². The number of hydrogen-bond donors (Lipinski definition) is 1. The Labute approximate surface area is 111 Å². The lowest BCUT2D eigenvalue weighted by atomic mass is 10.2. The topological polar surface area (TPSA) is 49.0 Å². The van der Waals surface area contributed by atoms with E-state index in [-0.39, 0.29) is 5.91 Å². The summed E-state index contributed by atoms with van der Waals surface area (Å²) in [6.45, 7) is 5.35. The van der Waals surface area contributed by atoms with Crippen molar-refractivity contribution < 1.29 is 4.79 Å². The van der Waals surface area contributed by atoms with E-state index in [1.165, 1.54) is 0 Å². The zero-order valence-electron chi connectivity index (χ0n) is 10.6. The first-order valence-corrected chi connectivity index (χ1v) is 6.92. The van der Waals surface area contributed by atoms with Gasteiger partial charge in [0.05, 0.1) is 10.6 Å². The Kier molecular flexibility index (Phi) is 4.15. The number of aryl methyl sites for hydroxylation is 1. The summed E-state index contributed by atoms with van der Waals surface area (Å²) in [6, 6.07) is 1.84. The molecule has 2 aromatic heterocycles. The average molecular weight is 263 g/mol. The molecule has 18 heavy (non-hydrogen) atoms. The fourth-order valence-electron chi connectivity index (χ4n) is 1.87. The number of amides is 1. The van der Waals surface area contributed by atoms with Crippen LogP contribution in [0.5, 0.6) is 0 Å². The molecule has 0 atom stereocenters. The highest BCUT2D eigenvalue weighted by Gasteiger charge is 2.16. The Morgan fingerprint density at radius 2 is 2.39 bits per heavy atom. The van der Waals surface area contributed by atoms with Crippen LogP contribution in [0.3, 0.4) is 0 Å². The minimum atomic E-state index is 0.0906. The van der Waals surface area contributed by atoms with Crippen LogP contribution in [-0.2, 0) is 6.42 Å². The van der Waals surface area contributed by atoms with Crippen LogP contribution in [0.15, 0.2) is 23.8 Å². The van der Waals surface area contributed by atoms with E-state index in [1.807, 2.05) is 30.2 Å². The second-order valence-electron chi connectivity index (χ2n) is 4.08. The molecule has 0 saturated heterocycles. The molecule has 0 fully saturated rings. The summed E-state index contributed by atoms with van der Waals surface area (Å²) in [7, 11) is 0. The average Bonchev–Trinajstić information content (AvgIpc) is 3.00.